The molecule has 0 spiro atoms. The van der Waals surface area contributed by atoms with Crippen LogP contribution in [0.5, 0.6) is 11.5 Å². The van der Waals surface area contributed by atoms with Crippen LogP contribution in [0.4, 0.5) is 13.2 Å². The second-order valence-electron chi connectivity index (χ2n) is 8.00. The predicted molar refractivity (Wildman–Crippen MR) is 118 cm³/mol. The summed E-state index contributed by atoms with van der Waals surface area (Å²) >= 11 is 0. The normalized spacial score (nSPS) is 16.7. The minimum Gasteiger partial charge on any atom is -0.457 e. The second kappa shape index (κ2) is 9.21. The zero-order valence-corrected chi connectivity index (χ0v) is 17.7. The maximum atomic E-state index is 13.3. The van der Waals surface area contributed by atoms with Gasteiger partial charge in [-0.25, -0.2) is 4.98 Å². The van der Waals surface area contributed by atoms with Crippen LogP contribution in [-0.2, 0) is 12.7 Å². The van der Waals surface area contributed by atoms with Crippen LogP contribution in [-0.4, -0.2) is 34.9 Å². The molecule has 1 fully saturated rings. The monoisotopic (exact) mass is 456 g/mol. The van der Waals surface area contributed by atoms with Crippen LogP contribution in [0.15, 0.2) is 60.7 Å². The molecule has 172 valence electrons. The first kappa shape index (κ1) is 22.8. The molecule has 1 saturated heterocycles. The molecule has 1 atom stereocenters. The van der Waals surface area contributed by atoms with Gasteiger partial charge in [-0.3, -0.25) is 9.69 Å². The molecule has 2 aromatic carbocycles. The van der Waals surface area contributed by atoms with Crippen molar-refractivity contribution in [3.05, 3.63) is 77.5 Å². The van der Waals surface area contributed by atoms with E-state index in [1.165, 1.54) is 12.1 Å². The highest BCUT2D eigenvalue weighted by molar-refractivity contribution is 5.91. The van der Waals surface area contributed by atoms with Crippen LogP contribution >= 0.6 is 0 Å². The van der Waals surface area contributed by atoms with Gasteiger partial charge in [-0.1, -0.05) is 6.07 Å². The van der Waals surface area contributed by atoms with Crippen LogP contribution in [0.25, 0.3) is 11.3 Å². The number of hydrogen-bond donors (Lipinski definition) is 2. The third kappa shape index (κ3) is 5.50. The quantitative estimate of drug-likeness (QED) is 0.580. The van der Waals surface area contributed by atoms with Gasteiger partial charge in [0.25, 0.3) is 5.91 Å². The highest BCUT2D eigenvalue weighted by atomic mass is 19.4. The zero-order chi connectivity index (χ0) is 23.6. The van der Waals surface area contributed by atoms with Crippen LogP contribution < -0.4 is 16.2 Å². The number of hydrogen-bond acceptors (Lipinski definition) is 5. The van der Waals surface area contributed by atoms with Gasteiger partial charge in [-0.15, -0.1) is 0 Å². The number of rotatable bonds is 6. The second-order valence-corrected chi connectivity index (χ2v) is 8.00. The SMILES string of the molecule is NC(=O)c1cccc(-c2ccc(Oc3ccc(C(F)(F)F)cc3CN3CCC(N)C3)cc2)n1. The van der Waals surface area contributed by atoms with Gasteiger partial charge < -0.3 is 16.2 Å². The summed E-state index contributed by atoms with van der Waals surface area (Å²) in [5, 5.41) is 0. The fourth-order valence-electron chi connectivity index (χ4n) is 3.78. The van der Waals surface area contributed by atoms with E-state index in [1.807, 2.05) is 4.90 Å². The van der Waals surface area contributed by atoms with Crippen molar-refractivity contribution in [1.82, 2.24) is 9.88 Å². The molecule has 0 saturated carbocycles. The average Bonchev–Trinajstić information content (AvgIpc) is 3.19. The van der Waals surface area contributed by atoms with Crippen molar-refractivity contribution in [2.45, 2.75) is 25.2 Å². The number of ether oxygens (including phenoxy) is 1. The van der Waals surface area contributed by atoms with Gasteiger partial charge in [0, 0.05) is 36.8 Å². The molecule has 3 aromatic rings. The first-order valence-corrected chi connectivity index (χ1v) is 10.4. The van der Waals surface area contributed by atoms with Crippen LogP contribution in [0, 0.1) is 0 Å². The number of pyridine rings is 1. The number of nitrogens with zero attached hydrogens (tertiary/aromatic N) is 2. The number of amides is 1. The summed E-state index contributed by atoms with van der Waals surface area (Å²) in [6, 6.07) is 15.4. The van der Waals surface area contributed by atoms with E-state index < -0.39 is 17.6 Å². The van der Waals surface area contributed by atoms with Crippen molar-refractivity contribution in [3.63, 3.8) is 0 Å². The van der Waals surface area contributed by atoms with E-state index in [0.717, 1.165) is 30.7 Å². The molecule has 1 unspecified atom stereocenters. The number of aromatic nitrogens is 1. The Morgan fingerprint density at radius 1 is 1.12 bits per heavy atom. The lowest BCUT2D eigenvalue weighted by atomic mass is 10.1. The lowest BCUT2D eigenvalue weighted by molar-refractivity contribution is -0.137. The van der Waals surface area contributed by atoms with E-state index in [2.05, 4.69) is 4.98 Å². The number of halogens is 3. The molecule has 1 aliphatic rings. The van der Waals surface area contributed by atoms with Crippen molar-refractivity contribution in [2.24, 2.45) is 11.5 Å². The fourth-order valence-corrected chi connectivity index (χ4v) is 3.78. The minimum absolute atomic E-state index is 0.0226. The molecule has 0 aliphatic carbocycles. The molecule has 4 rings (SSSR count). The van der Waals surface area contributed by atoms with Crippen molar-refractivity contribution >= 4 is 5.91 Å². The lowest BCUT2D eigenvalue weighted by Gasteiger charge is -2.19. The Labute approximate surface area is 189 Å². The van der Waals surface area contributed by atoms with E-state index in [-0.39, 0.29) is 11.7 Å². The van der Waals surface area contributed by atoms with Crippen molar-refractivity contribution in [1.29, 1.82) is 0 Å². The summed E-state index contributed by atoms with van der Waals surface area (Å²) in [5.41, 5.74) is 12.4. The van der Waals surface area contributed by atoms with Crippen LogP contribution in [0.1, 0.15) is 28.0 Å². The Hall–Kier alpha value is -3.43. The number of carbonyl (C=O) groups is 1. The highest BCUT2D eigenvalue weighted by Gasteiger charge is 2.31. The number of likely N-dealkylation sites (tertiary alicyclic amines) is 1. The Morgan fingerprint density at radius 3 is 2.52 bits per heavy atom. The molecule has 2 heterocycles. The summed E-state index contributed by atoms with van der Waals surface area (Å²) < 4.78 is 45.8. The maximum Gasteiger partial charge on any atom is 0.416 e. The molecule has 33 heavy (non-hydrogen) atoms. The fraction of sp³-hybridized carbons (Fsp3) is 0.250. The minimum atomic E-state index is -4.44. The molecule has 0 bridgehead atoms. The van der Waals surface area contributed by atoms with Gasteiger partial charge in [0.2, 0.25) is 0 Å². The molecular weight excluding hydrogens is 433 g/mol. The van der Waals surface area contributed by atoms with E-state index in [4.69, 9.17) is 16.2 Å². The third-order valence-corrected chi connectivity index (χ3v) is 5.47. The van der Waals surface area contributed by atoms with Crippen molar-refractivity contribution in [2.75, 3.05) is 13.1 Å². The number of benzene rings is 2. The van der Waals surface area contributed by atoms with Gasteiger partial charge in [0.1, 0.15) is 17.2 Å². The smallest absolute Gasteiger partial charge is 0.416 e. The number of carbonyl (C=O) groups excluding carboxylic acids is 1. The highest BCUT2D eigenvalue weighted by Crippen LogP contribution is 2.35. The van der Waals surface area contributed by atoms with Gasteiger partial charge in [0.05, 0.1) is 11.3 Å². The Bertz CT molecular complexity index is 1150. The third-order valence-electron chi connectivity index (χ3n) is 5.47. The Morgan fingerprint density at radius 2 is 1.88 bits per heavy atom. The standard InChI is InChI=1S/C24H23F3N4O2/c25-24(26,27)17-6-9-22(16(12-17)13-31-11-10-18(28)14-31)33-19-7-4-15(5-8-19)20-2-1-3-21(30-20)23(29)32/h1-9,12,18H,10-11,13-14,28H2,(H2,29,32). The first-order chi connectivity index (χ1) is 15.7. The summed E-state index contributed by atoms with van der Waals surface area (Å²) in [5.74, 6) is 0.194. The molecule has 1 aromatic heterocycles. The molecule has 1 amide bonds. The zero-order valence-electron chi connectivity index (χ0n) is 17.7. The van der Waals surface area contributed by atoms with Gasteiger partial charge in [-0.05, 0) is 61.0 Å². The lowest BCUT2D eigenvalue weighted by Crippen LogP contribution is -2.26. The topological polar surface area (TPSA) is 94.5 Å². The van der Waals surface area contributed by atoms with Crippen molar-refractivity contribution < 1.29 is 22.7 Å². The van der Waals surface area contributed by atoms with E-state index in [0.29, 0.717) is 35.8 Å². The van der Waals surface area contributed by atoms with Crippen LogP contribution in [0.3, 0.4) is 0 Å². The van der Waals surface area contributed by atoms with E-state index in [9.17, 15) is 18.0 Å². The van der Waals surface area contributed by atoms with E-state index in [1.54, 1.807) is 36.4 Å². The molecule has 6 nitrogen and oxygen atoms in total. The van der Waals surface area contributed by atoms with E-state index >= 15 is 0 Å². The van der Waals surface area contributed by atoms with Gasteiger partial charge in [0.15, 0.2) is 0 Å². The largest absolute Gasteiger partial charge is 0.457 e. The molecular formula is C24H23F3N4O2. The first-order valence-electron chi connectivity index (χ1n) is 10.4. The molecule has 9 heteroatoms. The molecule has 4 N–H and O–H groups in total. The summed E-state index contributed by atoms with van der Waals surface area (Å²) in [6.07, 6.45) is -3.63. The van der Waals surface area contributed by atoms with Crippen LogP contribution in [0.2, 0.25) is 0 Å². The number of primary amides is 1. The Kier molecular flexibility index (Phi) is 6.35. The van der Waals surface area contributed by atoms with Gasteiger partial charge >= 0.3 is 6.18 Å². The number of nitrogens with two attached hydrogens (primary N) is 2. The summed E-state index contributed by atoms with van der Waals surface area (Å²) in [4.78, 5) is 17.6. The maximum absolute atomic E-state index is 13.3. The molecule has 0 radical (unpaired) electrons. The summed E-state index contributed by atoms with van der Waals surface area (Å²) in [6.45, 7) is 1.67. The molecule has 1 aliphatic heterocycles. The predicted octanol–water partition coefficient (Wildman–Crippen LogP) is 4.19. The van der Waals surface area contributed by atoms with Gasteiger partial charge in [-0.2, -0.15) is 13.2 Å². The number of alkyl halides is 3. The summed E-state index contributed by atoms with van der Waals surface area (Å²) in [7, 11) is 0. The Balaban J connectivity index is 1.57. The van der Waals surface area contributed by atoms with Crippen molar-refractivity contribution in [3.8, 4) is 22.8 Å². The average molecular weight is 456 g/mol.